The number of benzene rings is 2. The molecular weight excluding hydrogens is 466 g/mol. The second-order valence-corrected chi connectivity index (χ2v) is 7.98. The fraction of sp³-hybridized carbons (Fsp3) is 0.154. The minimum Gasteiger partial charge on any atom is -0.490 e. The van der Waals surface area contributed by atoms with Crippen LogP contribution in [0.5, 0.6) is 5.75 Å². The summed E-state index contributed by atoms with van der Waals surface area (Å²) in [6.45, 7) is 2.68. The zero-order valence-corrected chi connectivity index (χ0v) is 19.8. The number of hydrogen-bond donors (Lipinski definition) is 2. The zero-order chi connectivity index (χ0) is 24.6. The lowest BCUT2D eigenvalue weighted by Gasteiger charge is -2.14. The molecule has 0 saturated carbocycles. The number of amides is 1. The molecule has 0 aliphatic rings. The van der Waals surface area contributed by atoms with Crippen molar-refractivity contribution in [3.63, 3.8) is 0 Å². The standard InChI is InChI=1S/C26H24ClN5O3/c1-2-35-23-17-30-32(22-12-8-19(27)9-13-22)26(34)24(23)31-21-10-6-18(7-11-21)25(33)29-16-14-20-5-3-4-15-28-20/h3-13,15,17,31H,2,14,16H2,1H3,(H,29,33). The Morgan fingerprint density at radius 2 is 1.83 bits per heavy atom. The van der Waals surface area contributed by atoms with Gasteiger partial charge in [-0.15, -0.1) is 0 Å². The quantitative estimate of drug-likeness (QED) is 0.361. The third-order valence-corrected chi connectivity index (χ3v) is 5.38. The Hall–Kier alpha value is -4.17. The fourth-order valence-corrected chi connectivity index (χ4v) is 3.51. The van der Waals surface area contributed by atoms with Crippen LogP contribution in [0.2, 0.25) is 5.02 Å². The van der Waals surface area contributed by atoms with E-state index in [2.05, 4.69) is 20.7 Å². The van der Waals surface area contributed by atoms with Gasteiger partial charge in [0.15, 0.2) is 11.4 Å². The van der Waals surface area contributed by atoms with Gasteiger partial charge >= 0.3 is 0 Å². The van der Waals surface area contributed by atoms with Crippen LogP contribution in [0.3, 0.4) is 0 Å². The van der Waals surface area contributed by atoms with Gasteiger partial charge in [-0.25, -0.2) is 0 Å². The van der Waals surface area contributed by atoms with Crippen LogP contribution in [0.1, 0.15) is 23.0 Å². The lowest BCUT2D eigenvalue weighted by molar-refractivity contribution is 0.0954. The molecule has 0 unspecified atom stereocenters. The maximum Gasteiger partial charge on any atom is 0.299 e. The molecule has 178 valence electrons. The summed E-state index contributed by atoms with van der Waals surface area (Å²) in [5.41, 5.74) is 2.48. The molecule has 0 bridgehead atoms. The number of aromatic nitrogens is 3. The Bertz CT molecular complexity index is 1340. The number of nitrogens with one attached hydrogen (secondary N) is 2. The first kappa shape index (κ1) is 24.0. The van der Waals surface area contributed by atoms with Gasteiger partial charge in [0, 0.05) is 41.1 Å². The normalized spacial score (nSPS) is 10.6. The number of hydrogen-bond acceptors (Lipinski definition) is 6. The van der Waals surface area contributed by atoms with Gasteiger partial charge in [-0.3, -0.25) is 14.6 Å². The monoisotopic (exact) mass is 489 g/mol. The van der Waals surface area contributed by atoms with E-state index >= 15 is 0 Å². The van der Waals surface area contributed by atoms with Crippen LogP contribution in [-0.2, 0) is 6.42 Å². The molecule has 0 aliphatic carbocycles. The van der Waals surface area contributed by atoms with Gasteiger partial charge in [0.25, 0.3) is 11.5 Å². The summed E-state index contributed by atoms with van der Waals surface area (Å²) >= 11 is 5.96. The number of ether oxygens (including phenoxy) is 1. The maximum atomic E-state index is 13.2. The van der Waals surface area contributed by atoms with Crippen molar-refractivity contribution in [1.29, 1.82) is 0 Å². The van der Waals surface area contributed by atoms with Crippen molar-refractivity contribution in [1.82, 2.24) is 20.1 Å². The second kappa shape index (κ2) is 11.3. The lowest BCUT2D eigenvalue weighted by atomic mass is 10.2. The van der Waals surface area contributed by atoms with Crippen LogP contribution in [-0.4, -0.2) is 33.8 Å². The van der Waals surface area contributed by atoms with Crippen molar-refractivity contribution in [3.8, 4) is 11.4 Å². The number of anilines is 2. The van der Waals surface area contributed by atoms with E-state index in [1.54, 1.807) is 54.7 Å². The molecule has 4 rings (SSSR count). The average Bonchev–Trinajstić information content (AvgIpc) is 2.88. The number of nitrogens with zero attached hydrogens (tertiary/aromatic N) is 3. The number of halogens is 1. The van der Waals surface area contributed by atoms with E-state index < -0.39 is 0 Å². The number of rotatable bonds is 9. The molecule has 8 nitrogen and oxygen atoms in total. The van der Waals surface area contributed by atoms with E-state index in [-0.39, 0.29) is 17.2 Å². The molecule has 2 heterocycles. The average molecular weight is 490 g/mol. The lowest BCUT2D eigenvalue weighted by Crippen LogP contribution is -2.26. The van der Waals surface area contributed by atoms with Crippen molar-refractivity contribution < 1.29 is 9.53 Å². The molecule has 0 atom stereocenters. The van der Waals surface area contributed by atoms with Crippen LogP contribution >= 0.6 is 11.6 Å². The molecule has 2 aromatic carbocycles. The molecule has 35 heavy (non-hydrogen) atoms. The van der Waals surface area contributed by atoms with Gasteiger partial charge < -0.3 is 15.4 Å². The van der Waals surface area contributed by atoms with E-state index in [1.165, 1.54) is 10.9 Å². The van der Waals surface area contributed by atoms with Crippen molar-refractivity contribution >= 4 is 28.9 Å². The highest BCUT2D eigenvalue weighted by molar-refractivity contribution is 6.30. The predicted molar refractivity (Wildman–Crippen MR) is 136 cm³/mol. The van der Waals surface area contributed by atoms with E-state index in [4.69, 9.17) is 16.3 Å². The molecule has 1 amide bonds. The smallest absolute Gasteiger partial charge is 0.299 e. The molecule has 0 fully saturated rings. The van der Waals surface area contributed by atoms with Crippen molar-refractivity contribution in [2.75, 3.05) is 18.5 Å². The van der Waals surface area contributed by atoms with Crippen molar-refractivity contribution in [2.45, 2.75) is 13.3 Å². The van der Waals surface area contributed by atoms with Crippen molar-refractivity contribution in [2.24, 2.45) is 0 Å². The summed E-state index contributed by atoms with van der Waals surface area (Å²) in [7, 11) is 0. The molecule has 9 heteroatoms. The highest BCUT2D eigenvalue weighted by Gasteiger charge is 2.15. The van der Waals surface area contributed by atoms with Gasteiger partial charge in [0.2, 0.25) is 0 Å². The summed E-state index contributed by atoms with van der Waals surface area (Å²) in [5, 5.41) is 10.8. The van der Waals surface area contributed by atoms with Gasteiger partial charge in [0.1, 0.15) is 0 Å². The Morgan fingerprint density at radius 3 is 2.51 bits per heavy atom. The zero-order valence-electron chi connectivity index (χ0n) is 19.1. The number of carbonyl (C=O) groups excluding carboxylic acids is 1. The van der Waals surface area contributed by atoms with Crippen molar-refractivity contribution in [3.05, 3.63) is 106 Å². The largest absolute Gasteiger partial charge is 0.490 e. The Balaban J connectivity index is 1.49. The molecule has 4 aromatic rings. The number of carbonyl (C=O) groups is 1. The first-order chi connectivity index (χ1) is 17.0. The molecule has 0 spiro atoms. The van der Waals surface area contributed by atoms with E-state index in [1.807, 2.05) is 25.1 Å². The Kier molecular flexibility index (Phi) is 7.74. The predicted octanol–water partition coefficient (Wildman–Crippen LogP) is 4.40. The summed E-state index contributed by atoms with van der Waals surface area (Å²) in [4.78, 5) is 29.9. The molecule has 0 aliphatic heterocycles. The first-order valence-corrected chi connectivity index (χ1v) is 11.5. The Labute approximate surface area is 207 Å². The Morgan fingerprint density at radius 1 is 1.06 bits per heavy atom. The second-order valence-electron chi connectivity index (χ2n) is 7.54. The van der Waals surface area contributed by atoms with Crippen LogP contribution in [0.4, 0.5) is 11.4 Å². The van der Waals surface area contributed by atoms with Gasteiger partial charge in [-0.05, 0) is 67.6 Å². The third-order valence-electron chi connectivity index (χ3n) is 5.12. The fourth-order valence-electron chi connectivity index (χ4n) is 3.39. The van der Waals surface area contributed by atoms with E-state index in [9.17, 15) is 9.59 Å². The van der Waals surface area contributed by atoms with E-state index in [0.29, 0.717) is 47.3 Å². The topological polar surface area (TPSA) is 98.1 Å². The van der Waals surface area contributed by atoms with Crippen LogP contribution in [0.25, 0.3) is 5.69 Å². The molecule has 2 aromatic heterocycles. The van der Waals surface area contributed by atoms with Gasteiger partial charge in [0.05, 0.1) is 18.5 Å². The van der Waals surface area contributed by atoms with Crippen LogP contribution in [0.15, 0.2) is 83.9 Å². The minimum atomic E-state index is -0.380. The first-order valence-electron chi connectivity index (χ1n) is 11.1. The molecular formula is C26H24ClN5O3. The summed E-state index contributed by atoms with van der Waals surface area (Å²) in [6, 6.07) is 19.3. The van der Waals surface area contributed by atoms with E-state index in [0.717, 1.165) is 5.69 Å². The molecule has 0 saturated heterocycles. The summed E-state index contributed by atoms with van der Waals surface area (Å²) < 4.78 is 6.88. The molecule has 0 radical (unpaired) electrons. The van der Waals surface area contributed by atoms with Gasteiger partial charge in [-0.1, -0.05) is 17.7 Å². The maximum absolute atomic E-state index is 13.2. The minimum absolute atomic E-state index is 0.184. The van der Waals surface area contributed by atoms with Crippen LogP contribution < -0.4 is 20.9 Å². The number of pyridine rings is 1. The van der Waals surface area contributed by atoms with Crippen LogP contribution in [0, 0.1) is 0 Å². The highest BCUT2D eigenvalue weighted by atomic mass is 35.5. The summed E-state index contributed by atoms with van der Waals surface area (Å²) in [6.07, 6.45) is 3.87. The summed E-state index contributed by atoms with van der Waals surface area (Å²) in [5.74, 6) is 0.149. The van der Waals surface area contributed by atoms with Gasteiger partial charge in [-0.2, -0.15) is 9.78 Å². The SMILES string of the molecule is CCOc1cnn(-c2ccc(Cl)cc2)c(=O)c1Nc1ccc(C(=O)NCCc2ccccn2)cc1. The molecule has 2 N–H and O–H groups in total. The third kappa shape index (κ3) is 6.04. The highest BCUT2D eigenvalue weighted by Crippen LogP contribution is 2.24.